The van der Waals surface area contributed by atoms with Crippen molar-refractivity contribution in [3.05, 3.63) is 12.2 Å². The quantitative estimate of drug-likeness (QED) is 0.564. The lowest BCUT2D eigenvalue weighted by Gasteiger charge is -2.27. The van der Waals surface area contributed by atoms with Crippen LogP contribution in [0.4, 0.5) is 0 Å². The number of carbonyl (C=O) groups excluding carboxylic acids is 1. The lowest BCUT2D eigenvalue weighted by atomic mass is 9.94. The highest BCUT2D eigenvalue weighted by Crippen LogP contribution is 2.27. The average Bonchev–Trinajstić information content (AvgIpc) is 2.80. The molecule has 1 aliphatic carbocycles. The Labute approximate surface area is 126 Å². The van der Waals surface area contributed by atoms with Crippen LogP contribution in [0.1, 0.15) is 46.0 Å². The third-order valence-electron chi connectivity index (χ3n) is 4.33. The molecule has 0 unspecified atom stereocenters. The first kappa shape index (κ1) is 17.9. The minimum absolute atomic E-state index is 0.0313. The summed E-state index contributed by atoms with van der Waals surface area (Å²) in [6.07, 6.45) is 6.99. The smallest absolute Gasteiger partial charge is 0.320 e. The topological polar surface area (TPSA) is 86.6 Å². The van der Waals surface area contributed by atoms with Crippen molar-refractivity contribution in [2.45, 2.75) is 58.0 Å². The number of hydrogen-bond donors (Lipinski definition) is 3. The molecule has 0 aliphatic heterocycles. The maximum atomic E-state index is 12.0. The first-order chi connectivity index (χ1) is 10.0. The molecule has 0 radical (unpaired) electrons. The zero-order valence-corrected chi connectivity index (χ0v) is 12.9. The molecule has 21 heavy (non-hydrogen) atoms. The molecule has 0 saturated heterocycles. The van der Waals surface area contributed by atoms with Crippen molar-refractivity contribution in [2.75, 3.05) is 6.61 Å². The standard InChI is InChI=1S/C16H27NO4/c1-3-11(2)15(16(20)21)17-13-8-9-14(19)12(13)7-5-4-6-10-18/h4-5,11-13,15,17-18H,3,6-10H2,1-2H3,(H,20,21)/b5-4-/t11-,12+,13-,15-/m0/s1. The maximum Gasteiger partial charge on any atom is 0.320 e. The van der Waals surface area contributed by atoms with Crippen LogP contribution in [0.5, 0.6) is 0 Å². The number of aliphatic carboxylic acids is 1. The molecule has 0 heterocycles. The van der Waals surface area contributed by atoms with Gasteiger partial charge in [-0.3, -0.25) is 9.59 Å². The van der Waals surface area contributed by atoms with Crippen LogP contribution < -0.4 is 5.32 Å². The van der Waals surface area contributed by atoms with E-state index in [9.17, 15) is 14.7 Å². The molecule has 5 heteroatoms. The second-order valence-electron chi connectivity index (χ2n) is 5.81. The first-order valence-electron chi connectivity index (χ1n) is 7.78. The van der Waals surface area contributed by atoms with E-state index >= 15 is 0 Å². The van der Waals surface area contributed by atoms with E-state index in [4.69, 9.17) is 5.11 Å². The van der Waals surface area contributed by atoms with Crippen LogP contribution in [0.3, 0.4) is 0 Å². The Morgan fingerprint density at radius 3 is 2.76 bits per heavy atom. The summed E-state index contributed by atoms with van der Waals surface area (Å²) in [5, 5.41) is 21.3. The summed E-state index contributed by atoms with van der Waals surface area (Å²) < 4.78 is 0. The molecule has 1 fully saturated rings. The molecule has 0 amide bonds. The Balaban J connectivity index is 2.66. The van der Waals surface area contributed by atoms with Gasteiger partial charge in [0.05, 0.1) is 0 Å². The Hall–Kier alpha value is -1.20. The zero-order valence-electron chi connectivity index (χ0n) is 12.9. The van der Waals surface area contributed by atoms with Gasteiger partial charge in [0.1, 0.15) is 11.8 Å². The van der Waals surface area contributed by atoms with Gasteiger partial charge in [0.2, 0.25) is 0 Å². The number of carbonyl (C=O) groups is 2. The normalized spacial score (nSPS) is 25.4. The van der Waals surface area contributed by atoms with E-state index in [1.54, 1.807) is 0 Å². The molecule has 1 saturated carbocycles. The SMILES string of the molecule is CC[C@H](C)[C@H](N[C@H]1CCC(=O)[C@@H]1C/C=C\CCO)C(=O)O. The van der Waals surface area contributed by atoms with Crippen LogP contribution in [0.2, 0.25) is 0 Å². The number of rotatable bonds is 9. The molecule has 0 bridgehead atoms. The average molecular weight is 297 g/mol. The van der Waals surface area contributed by atoms with Gasteiger partial charge in [-0.15, -0.1) is 0 Å². The van der Waals surface area contributed by atoms with Gasteiger partial charge in [-0.25, -0.2) is 0 Å². The highest BCUT2D eigenvalue weighted by molar-refractivity contribution is 5.84. The van der Waals surface area contributed by atoms with Crippen molar-refractivity contribution >= 4 is 11.8 Å². The van der Waals surface area contributed by atoms with E-state index in [-0.39, 0.29) is 30.3 Å². The number of allylic oxidation sites excluding steroid dienone is 1. The van der Waals surface area contributed by atoms with Crippen molar-refractivity contribution in [3.8, 4) is 0 Å². The number of carboxylic acids is 1. The van der Waals surface area contributed by atoms with Gasteiger partial charge in [-0.05, 0) is 25.2 Å². The lowest BCUT2D eigenvalue weighted by Crippen LogP contribution is -2.48. The summed E-state index contributed by atoms with van der Waals surface area (Å²) in [4.78, 5) is 23.4. The number of ketones is 1. The minimum atomic E-state index is -0.849. The number of aliphatic hydroxyl groups is 1. The largest absolute Gasteiger partial charge is 0.480 e. The second-order valence-corrected chi connectivity index (χ2v) is 5.81. The summed E-state index contributed by atoms with van der Waals surface area (Å²) >= 11 is 0. The van der Waals surface area contributed by atoms with Crippen LogP contribution in [0.15, 0.2) is 12.2 Å². The lowest BCUT2D eigenvalue weighted by molar-refractivity contribution is -0.141. The Kier molecular flexibility index (Phi) is 7.61. The Morgan fingerprint density at radius 2 is 2.19 bits per heavy atom. The molecule has 0 aromatic carbocycles. The molecule has 1 aliphatic rings. The van der Waals surface area contributed by atoms with Crippen LogP contribution in [-0.2, 0) is 9.59 Å². The molecule has 3 N–H and O–H groups in total. The Bertz CT molecular complexity index is 380. The summed E-state index contributed by atoms with van der Waals surface area (Å²) in [6.45, 7) is 3.99. The summed E-state index contributed by atoms with van der Waals surface area (Å²) in [7, 11) is 0. The number of aliphatic hydroxyl groups excluding tert-OH is 1. The fourth-order valence-electron chi connectivity index (χ4n) is 2.78. The fraction of sp³-hybridized carbons (Fsp3) is 0.750. The van der Waals surface area contributed by atoms with E-state index in [1.165, 1.54) is 0 Å². The number of Topliss-reactive ketones (excluding diaryl/α,β-unsaturated/α-hetero) is 1. The molecule has 0 aromatic rings. The molecular weight excluding hydrogens is 270 g/mol. The number of hydrogen-bond acceptors (Lipinski definition) is 4. The van der Waals surface area contributed by atoms with Crippen molar-refractivity contribution in [1.29, 1.82) is 0 Å². The van der Waals surface area contributed by atoms with E-state index in [2.05, 4.69) is 5.32 Å². The third kappa shape index (κ3) is 5.25. The van der Waals surface area contributed by atoms with Crippen molar-refractivity contribution in [1.82, 2.24) is 5.32 Å². The minimum Gasteiger partial charge on any atom is -0.480 e. The molecule has 120 valence electrons. The molecule has 1 rings (SSSR count). The summed E-state index contributed by atoms with van der Waals surface area (Å²) in [5.41, 5.74) is 0. The van der Waals surface area contributed by atoms with Gasteiger partial charge in [0, 0.05) is 25.0 Å². The van der Waals surface area contributed by atoms with Gasteiger partial charge < -0.3 is 15.5 Å². The maximum absolute atomic E-state index is 12.0. The molecular formula is C16H27NO4. The number of nitrogens with one attached hydrogen (secondary N) is 1. The van der Waals surface area contributed by atoms with Crippen LogP contribution in [-0.4, -0.2) is 40.7 Å². The predicted molar refractivity (Wildman–Crippen MR) is 81.0 cm³/mol. The number of carboxylic acid groups (broad SMARTS) is 1. The monoisotopic (exact) mass is 297 g/mol. The molecule has 5 nitrogen and oxygen atoms in total. The van der Waals surface area contributed by atoms with E-state index in [0.717, 1.165) is 6.42 Å². The molecule has 0 aromatic heterocycles. The van der Waals surface area contributed by atoms with Crippen molar-refractivity contribution < 1.29 is 19.8 Å². The van der Waals surface area contributed by atoms with E-state index in [0.29, 0.717) is 25.7 Å². The highest BCUT2D eigenvalue weighted by atomic mass is 16.4. The van der Waals surface area contributed by atoms with Gasteiger partial charge >= 0.3 is 5.97 Å². The Morgan fingerprint density at radius 1 is 1.48 bits per heavy atom. The fourth-order valence-corrected chi connectivity index (χ4v) is 2.78. The van der Waals surface area contributed by atoms with Crippen LogP contribution in [0, 0.1) is 11.8 Å². The zero-order chi connectivity index (χ0) is 15.8. The first-order valence-corrected chi connectivity index (χ1v) is 7.78. The second kappa shape index (κ2) is 8.95. The van der Waals surface area contributed by atoms with Crippen molar-refractivity contribution in [3.63, 3.8) is 0 Å². The van der Waals surface area contributed by atoms with Crippen molar-refractivity contribution in [2.24, 2.45) is 11.8 Å². The summed E-state index contributed by atoms with van der Waals surface area (Å²) in [6, 6.07) is -0.666. The third-order valence-corrected chi connectivity index (χ3v) is 4.33. The van der Waals surface area contributed by atoms with Crippen LogP contribution in [0.25, 0.3) is 0 Å². The van der Waals surface area contributed by atoms with Gasteiger partial charge in [-0.2, -0.15) is 0 Å². The van der Waals surface area contributed by atoms with Gasteiger partial charge in [0.15, 0.2) is 0 Å². The summed E-state index contributed by atoms with van der Waals surface area (Å²) in [5.74, 6) is -0.762. The molecule has 0 spiro atoms. The van der Waals surface area contributed by atoms with Gasteiger partial charge in [-0.1, -0.05) is 32.4 Å². The van der Waals surface area contributed by atoms with E-state index < -0.39 is 12.0 Å². The highest BCUT2D eigenvalue weighted by Gasteiger charge is 2.37. The predicted octanol–water partition coefficient (Wildman–Crippen LogP) is 1.75. The van der Waals surface area contributed by atoms with Gasteiger partial charge in [0.25, 0.3) is 0 Å². The molecule has 4 atom stereocenters. The van der Waals surface area contributed by atoms with E-state index in [1.807, 2.05) is 26.0 Å². The van der Waals surface area contributed by atoms with Crippen LogP contribution >= 0.6 is 0 Å².